The Hall–Kier alpha value is -1.80. The van der Waals surface area contributed by atoms with Crippen molar-refractivity contribution in [1.29, 1.82) is 0 Å². The predicted molar refractivity (Wildman–Crippen MR) is 79.3 cm³/mol. The molecule has 2 N–H and O–H groups in total. The summed E-state index contributed by atoms with van der Waals surface area (Å²) in [5, 5.41) is 12.4. The SMILES string of the molecule is O=C(NCCc1cscn1)c1ncn([C@H]2CCCNC2)n1. The molecule has 0 unspecified atom stereocenters. The van der Waals surface area contributed by atoms with Crippen molar-refractivity contribution in [2.75, 3.05) is 19.6 Å². The molecule has 0 bridgehead atoms. The van der Waals surface area contributed by atoms with Gasteiger partial charge < -0.3 is 10.6 Å². The fourth-order valence-electron chi connectivity index (χ4n) is 2.36. The lowest BCUT2D eigenvalue weighted by Crippen LogP contribution is -2.32. The van der Waals surface area contributed by atoms with Gasteiger partial charge in [0.2, 0.25) is 5.82 Å². The second-order valence-corrected chi connectivity index (χ2v) is 5.75. The molecule has 0 radical (unpaired) electrons. The van der Waals surface area contributed by atoms with Gasteiger partial charge in [0.05, 0.1) is 17.2 Å². The quantitative estimate of drug-likeness (QED) is 0.846. The number of nitrogens with one attached hydrogen (secondary N) is 2. The van der Waals surface area contributed by atoms with Crippen LogP contribution in [-0.4, -0.2) is 45.3 Å². The average molecular weight is 306 g/mol. The van der Waals surface area contributed by atoms with Gasteiger partial charge in [-0.25, -0.2) is 14.6 Å². The van der Waals surface area contributed by atoms with Crippen LogP contribution in [0.3, 0.4) is 0 Å². The minimum atomic E-state index is -0.229. The van der Waals surface area contributed by atoms with Crippen LogP contribution in [0.1, 0.15) is 35.2 Å². The first kappa shape index (κ1) is 14.2. The molecule has 0 spiro atoms. The van der Waals surface area contributed by atoms with Crippen molar-refractivity contribution in [3.05, 3.63) is 28.7 Å². The van der Waals surface area contributed by atoms with Gasteiger partial charge in [0, 0.05) is 24.9 Å². The van der Waals surface area contributed by atoms with E-state index in [9.17, 15) is 4.79 Å². The van der Waals surface area contributed by atoms with E-state index in [0.29, 0.717) is 12.6 Å². The number of nitrogens with zero attached hydrogens (tertiary/aromatic N) is 4. The van der Waals surface area contributed by atoms with Crippen LogP contribution >= 0.6 is 11.3 Å². The first-order valence-corrected chi connectivity index (χ1v) is 8.04. The zero-order chi connectivity index (χ0) is 14.5. The number of carbonyl (C=O) groups excluding carboxylic acids is 1. The fourth-order valence-corrected chi connectivity index (χ4v) is 2.95. The highest BCUT2D eigenvalue weighted by Crippen LogP contribution is 2.14. The van der Waals surface area contributed by atoms with Gasteiger partial charge in [-0.2, -0.15) is 0 Å². The second-order valence-electron chi connectivity index (χ2n) is 5.03. The molecule has 112 valence electrons. The van der Waals surface area contributed by atoms with E-state index in [-0.39, 0.29) is 11.7 Å². The van der Waals surface area contributed by atoms with E-state index >= 15 is 0 Å². The van der Waals surface area contributed by atoms with Crippen LogP contribution in [0.15, 0.2) is 17.2 Å². The first-order valence-electron chi connectivity index (χ1n) is 7.10. The molecule has 3 rings (SSSR count). The normalized spacial score (nSPS) is 18.6. The maximum atomic E-state index is 12.0. The minimum Gasteiger partial charge on any atom is -0.349 e. The van der Waals surface area contributed by atoms with Gasteiger partial charge in [0.25, 0.3) is 5.91 Å². The highest BCUT2D eigenvalue weighted by molar-refractivity contribution is 7.07. The number of hydrogen-bond acceptors (Lipinski definition) is 6. The summed E-state index contributed by atoms with van der Waals surface area (Å²) < 4.78 is 1.79. The van der Waals surface area contributed by atoms with Crippen LogP contribution in [0, 0.1) is 0 Å². The number of piperidine rings is 1. The summed E-state index contributed by atoms with van der Waals surface area (Å²) in [6.07, 6.45) is 4.57. The predicted octanol–water partition coefficient (Wildman–Crippen LogP) is 0.632. The fraction of sp³-hybridized carbons (Fsp3) is 0.538. The van der Waals surface area contributed by atoms with E-state index in [0.717, 1.165) is 38.0 Å². The Morgan fingerprint density at radius 2 is 2.48 bits per heavy atom. The Bertz CT molecular complexity index is 575. The molecular formula is C13H18N6OS. The molecule has 1 aliphatic rings. The summed E-state index contributed by atoms with van der Waals surface area (Å²) in [5.74, 6) is 0.00611. The summed E-state index contributed by atoms with van der Waals surface area (Å²) in [7, 11) is 0. The summed E-state index contributed by atoms with van der Waals surface area (Å²) >= 11 is 1.56. The highest BCUT2D eigenvalue weighted by atomic mass is 32.1. The number of aromatic nitrogens is 4. The Labute approximate surface area is 126 Å². The Morgan fingerprint density at radius 3 is 3.24 bits per heavy atom. The maximum Gasteiger partial charge on any atom is 0.290 e. The smallest absolute Gasteiger partial charge is 0.290 e. The van der Waals surface area contributed by atoms with E-state index in [2.05, 4.69) is 25.7 Å². The average Bonchev–Trinajstić information content (AvgIpc) is 3.20. The molecule has 0 aromatic carbocycles. The molecule has 1 fully saturated rings. The zero-order valence-electron chi connectivity index (χ0n) is 11.7. The molecule has 0 aliphatic carbocycles. The van der Waals surface area contributed by atoms with Crippen molar-refractivity contribution in [1.82, 2.24) is 30.4 Å². The van der Waals surface area contributed by atoms with Gasteiger partial charge in [-0.15, -0.1) is 16.4 Å². The molecule has 21 heavy (non-hydrogen) atoms. The van der Waals surface area contributed by atoms with Gasteiger partial charge in [-0.05, 0) is 19.4 Å². The van der Waals surface area contributed by atoms with Gasteiger partial charge in [0.1, 0.15) is 6.33 Å². The molecule has 7 nitrogen and oxygen atoms in total. The molecule has 2 aromatic rings. The van der Waals surface area contributed by atoms with E-state index in [4.69, 9.17) is 0 Å². The topological polar surface area (TPSA) is 84.7 Å². The van der Waals surface area contributed by atoms with Crippen LogP contribution in [0.2, 0.25) is 0 Å². The Morgan fingerprint density at radius 1 is 1.52 bits per heavy atom. The van der Waals surface area contributed by atoms with Crippen molar-refractivity contribution in [2.45, 2.75) is 25.3 Å². The van der Waals surface area contributed by atoms with Gasteiger partial charge >= 0.3 is 0 Å². The van der Waals surface area contributed by atoms with Gasteiger partial charge in [0.15, 0.2) is 0 Å². The van der Waals surface area contributed by atoms with E-state index in [1.807, 2.05) is 5.38 Å². The Balaban J connectivity index is 1.51. The van der Waals surface area contributed by atoms with Crippen molar-refractivity contribution < 1.29 is 4.79 Å². The molecule has 8 heteroatoms. The van der Waals surface area contributed by atoms with Crippen molar-refractivity contribution in [2.24, 2.45) is 0 Å². The standard InChI is InChI=1S/C13H18N6OS/c20-13(15-5-3-10-7-21-9-17-10)12-16-8-19(18-12)11-2-1-4-14-6-11/h7-9,11,14H,1-6H2,(H,15,20)/t11-/m0/s1. The lowest BCUT2D eigenvalue weighted by atomic mass is 10.1. The third-order valence-corrected chi connectivity index (χ3v) is 4.14. The summed E-state index contributed by atoms with van der Waals surface area (Å²) in [6, 6.07) is 0.294. The maximum absolute atomic E-state index is 12.0. The third kappa shape index (κ3) is 3.64. The molecule has 1 aliphatic heterocycles. The number of hydrogen-bond donors (Lipinski definition) is 2. The van der Waals surface area contributed by atoms with Gasteiger partial charge in [-0.3, -0.25) is 4.79 Å². The molecule has 0 saturated carbocycles. The highest BCUT2D eigenvalue weighted by Gasteiger charge is 2.18. The van der Waals surface area contributed by atoms with Crippen LogP contribution in [0.25, 0.3) is 0 Å². The summed E-state index contributed by atoms with van der Waals surface area (Å²) in [5.41, 5.74) is 2.78. The van der Waals surface area contributed by atoms with Crippen LogP contribution in [0.5, 0.6) is 0 Å². The monoisotopic (exact) mass is 306 g/mol. The zero-order valence-corrected chi connectivity index (χ0v) is 12.5. The largest absolute Gasteiger partial charge is 0.349 e. The van der Waals surface area contributed by atoms with Crippen molar-refractivity contribution in [3.8, 4) is 0 Å². The van der Waals surface area contributed by atoms with E-state index < -0.39 is 0 Å². The number of amides is 1. The molecule has 3 heterocycles. The number of carbonyl (C=O) groups is 1. The summed E-state index contributed by atoms with van der Waals surface area (Å²) in [6.45, 7) is 2.48. The van der Waals surface area contributed by atoms with E-state index in [1.54, 1.807) is 27.9 Å². The van der Waals surface area contributed by atoms with Crippen molar-refractivity contribution in [3.63, 3.8) is 0 Å². The molecular weight excluding hydrogens is 288 g/mol. The van der Waals surface area contributed by atoms with Crippen LogP contribution in [0.4, 0.5) is 0 Å². The third-order valence-electron chi connectivity index (χ3n) is 3.51. The second kappa shape index (κ2) is 6.77. The number of thiazole rings is 1. The lowest BCUT2D eigenvalue weighted by Gasteiger charge is -2.22. The van der Waals surface area contributed by atoms with E-state index in [1.165, 1.54) is 0 Å². The summed E-state index contributed by atoms with van der Waals surface area (Å²) in [4.78, 5) is 20.3. The van der Waals surface area contributed by atoms with Crippen molar-refractivity contribution >= 4 is 17.2 Å². The lowest BCUT2D eigenvalue weighted by molar-refractivity contribution is 0.0943. The van der Waals surface area contributed by atoms with Crippen LogP contribution in [-0.2, 0) is 6.42 Å². The molecule has 1 saturated heterocycles. The Kier molecular flexibility index (Phi) is 4.56. The van der Waals surface area contributed by atoms with Gasteiger partial charge in [-0.1, -0.05) is 0 Å². The molecule has 1 atom stereocenters. The first-order chi connectivity index (χ1) is 10.3. The molecule has 2 aromatic heterocycles. The number of rotatable bonds is 5. The minimum absolute atomic E-state index is 0.229. The molecule has 1 amide bonds. The van der Waals surface area contributed by atoms with Crippen LogP contribution < -0.4 is 10.6 Å².